The van der Waals surface area contributed by atoms with Crippen LogP contribution in [0.5, 0.6) is 5.75 Å². The minimum atomic E-state index is -0.910. The summed E-state index contributed by atoms with van der Waals surface area (Å²) in [5.74, 6) is -0.0483. The summed E-state index contributed by atoms with van der Waals surface area (Å²) >= 11 is 0. The summed E-state index contributed by atoms with van der Waals surface area (Å²) in [5.41, 5.74) is 3.56. The van der Waals surface area contributed by atoms with E-state index < -0.39 is 5.97 Å². The summed E-state index contributed by atoms with van der Waals surface area (Å²) in [7, 11) is 1.65. The highest BCUT2D eigenvalue weighted by Crippen LogP contribution is 2.20. The Balaban J connectivity index is 1.92. The molecule has 0 aromatic heterocycles. The van der Waals surface area contributed by atoms with Crippen LogP contribution in [0.4, 0.5) is 0 Å². The molecule has 2 rings (SSSR count). The van der Waals surface area contributed by atoms with Gasteiger partial charge in [0.05, 0.1) is 12.2 Å². The van der Waals surface area contributed by atoms with Crippen LogP contribution in [0.1, 0.15) is 27.0 Å². The predicted molar refractivity (Wildman–Crippen MR) is 92.5 cm³/mol. The minimum Gasteiger partial charge on any atom is -0.491 e. The third-order valence-corrected chi connectivity index (χ3v) is 3.61. The van der Waals surface area contributed by atoms with Gasteiger partial charge >= 0.3 is 5.97 Å². The van der Waals surface area contributed by atoms with Gasteiger partial charge in [0.15, 0.2) is 0 Å². The van der Waals surface area contributed by atoms with E-state index in [2.05, 4.69) is 17.4 Å². The number of carbonyl (C=O) groups is 1. The number of hydrogen-bond acceptors (Lipinski definition) is 4. The molecule has 0 spiro atoms. The van der Waals surface area contributed by atoms with E-state index in [0.717, 1.165) is 22.4 Å². The molecule has 0 fully saturated rings. The third-order valence-electron chi connectivity index (χ3n) is 3.61. The van der Waals surface area contributed by atoms with Crippen LogP contribution in [0.2, 0.25) is 0 Å². The Morgan fingerprint density at radius 2 is 1.83 bits per heavy atom. The van der Waals surface area contributed by atoms with Crippen LogP contribution in [0, 0.1) is 6.92 Å². The molecule has 5 heteroatoms. The molecule has 0 aliphatic carbocycles. The standard InChI is InChI=1S/C19H23NO4/c1-14-3-6-17(18(11-14)24-10-9-23-2)13-20-12-15-4-7-16(8-5-15)19(21)22/h3-8,11,20H,9-10,12-13H2,1-2H3,(H,21,22). The minimum absolute atomic E-state index is 0.297. The van der Waals surface area contributed by atoms with Gasteiger partial charge in [0.25, 0.3) is 0 Å². The first-order valence-electron chi connectivity index (χ1n) is 7.84. The first kappa shape index (κ1) is 18.0. The first-order chi connectivity index (χ1) is 11.6. The monoisotopic (exact) mass is 329 g/mol. The van der Waals surface area contributed by atoms with Crippen molar-refractivity contribution in [3.63, 3.8) is 0 Å². The fourth-order valence-electron chi connectivity index (χ4n) is 2.28. The van der Waals surface area contributed by atoms with Crippen LogP contribution in [-0.4, -0.2) is 31.4 Å². The molecular weight excluding hydrogens is 306 g/mol. The maximum Gasteiger partial charge on any atom is 0.335 e. The smallest absolute Gasteiger partial charge is 0.335 e. The van der Waals surface area contributed by atoms with E-state index in [4.69, 9.17) is 14.6 Å². The van der Waals surface area contributed by atoms with Crippen molar-refractivity contribution >= 4 is 5.97 Å². The molecule has 5 nitrogen and oxygen atoms in total. The third kappa shape index (κ3) is 5.37. The van der Waals surface area contributed by atoms with Gasteiger partial charge in [-0.25, -0.2) is 4.79 Å². The Hall–Kier alpha value is -2.37. The van der Waals surface area contributed by atoms with Gasteiger partial charge < -0.3 is 19.9 Å². The van der Waals surface area contributed by atoms with Gasteiger partial charge in [-0.3, -0.25) is 0 Å². The molecule has 128 valence electrons. The summed E-state index contributed by atoms with van der Waals surface area (Å²) in [6.45, 7) is 4.43. The van der Waals surface area contributed by atoms with E-state index in [1.165, 1.54) is 0 Å². The molecule has 0 radical (unpaired) electrons. The normalized spacial score (nSPS) is 10.6. The summed E-state index contributed by atoms with van der Waals surface area (Å²) in [6.07, 6.45) is 0. The number of nitrogens with one attached hydrogen (secondary N) is 1. The SMILES string of the molecule is COCCOc1cc(C)ccc1CNCc1ccc(C(=O)O)cc1. The maximum absolute atomic E-state index is 10.8. The average Bonchev–Trinajstić information content (AvgIpc) is 2.57. The summed E-state index contributed by atoms with van der Waals surface area (Å²) in [5, 5.41) is 12.3. The highest BCUT2D eigenvalue weighted by Gasteiger charge is 2.05. The van der Waals surface area contributed by atoms with Crippen LogP contribution >= 0.6 is 0 Å². The molecule has 0 atom stereocenters. The Bertz CT molecular complexity index is 668. The number of aryl methyl sites for hydroxylation is 1. The van der Waals surface area contributed by atoms with Gasteiger partial charge in [-0.15, -0.1) is 0 Å². The van der Waals surface area contributed by atoms with E-state index >= 15 is 0 Å². The van der Waals surface area contributed by atoms with E-state index in [9.17, 15) is 4.79 Å². The van der Waals surface area contributed by atoms with Crippen LogP contribution in [0.25, 0.3) is 0 Å². The second-order valence-corrected chi connectivity index (χ2v) is 5.56. The van der Waals surface area contributed by atoms with Crippen LogP contribution in [0.15, 0.2) is 42.5 Å². The van der Waals surface area contributed by atoms with Crippen LogP contribution < -0.4 is 10.1 Å². The number of carboxylic acids is 1. The summed E-state index contributed by atoms with van der Waals surface area (Å²) in [4.78, 5) is 10.8. The van der Waals surface area contributed by atoms with Crippen LogP contribution in [0.3, 0.4) is 0 Å². The number of carboxylic acid groups (broad SMARTS) is 1. The number of benzene rings is 2. The Morgan fingerprint density at radius 3 is 2.50 bits per heavy atom. The van der Waals surface area contributed by atoms with Gasteiger partial charge in [-0.05, 0) is 36.2 Å². The summed E-state index contributed by atoms with van der Waals surface area (Å²) in [6, 6.07) is 13.0. The lowest BCUT2D eigenvalue weighted by atomic mass is 10.1. The molecule has 0 unspecified atom stereocenters. The molecule has 0 saturated carbocycles. The van der Waals surface area contributed by atoms with Crippen molar-refractivity contribution in [3.8, 4) is 5.75 Å². The number of rotatable bonds is 9. The largest absolute Gasteiger partial charge is 0.491 e. The zero-order valence-electron chi connectivity index (χ0n) is 14.0. The lowest BCUT2D eigenvalue weighted by Crippen LogP contribution is -2.14. The molecule has 0 aliphatic heterocycles. The zero-order chi connectivity index (χ0) is 17.4. The van der Waals surface area contributed by atoms with Gasteiger partial charge in [-0.1, -0.05) is 24.3 Å². The highest BCUT2D eigenvalue weighted by atomic mass is 16.5. The number of aromatic carboxylic acids is 1. The molecule has 0 heterocycles. The second kappa shape index (κ2) is 9.05. The second-order valence-electron chi connectivity index (χ2n) is 5.56. The Kier molecular flexibility index (Phi) is 6.78. The molecule has 0 aliphatic rings. The van der Waals surface area contributed by atoms with Crippen LogP contribution in [-0.2, 0) is 17.8 Å². The fraction of sp³-hybridized carbons (Fsp3) is 0.316. The van der Waals surface area contributed by atoms with Gasteiger partial charge in [-0.2, -0.15) is 0 Å². The fourth-order valence-corrected chi connectivity index (χ4v) is 2.28. The van der Waals surface area contributed by atoms with Gasteiger partial charge in [0.1, 0.15) is 12.4 Å². The number of methoxy groups -OCH3 is 1. The van der Waals surface area contributed by atoms with Crippen molar-refractivity contribution < 1.29 is 19.4 Å². The molecular formula is C19H23NO4. The van der Waals surface area contributed by atoms with Crippen molar-refractivity contribution in [1.82, 2.24) is 5.32 Å². The molecule has 24 heavy (non-hydrogen) atoms. The lowest BCUT2D eigenvalue weighted by molar-refractivity contribution is 0.0697. The lowest BCUT2D eigenvalue weighted by Gasteiger charge is -2.13. The average molecular weight is 329 g/mol. The predicted octanol–water partition coefficient (Wildman–Crippen LogP) is 3.01. The van der Waals surface area contributed by atoms with Crippen molar-refractivity contribution in [2.75, 3.05) is 20.3 Å². The number of hydrogen-bond donors (Lipinski definition) is 2. The quantitative estimate of drug-likeness (QED) is 0.692. The van der Waals surface area contributed by atoms with Crippen molar-refractivity contribution in [2.45, 2.75) is 20.0 Å². The van der Waals surface area contributed by atoms with Gasteiger partial charge in [0.2, 0.25) is 0 Å². The van der Waals surface area contributed by atoms with E-state index in [1.807, 2.05) is 25.1 Å². The van der Waals surface area contributed by atoms with E-state index in [-0.39, 0.29) is 0 Å². The Morgan fingerprint density at radius 1 is 1.08 bits per heavy atom. The highest BCUT2D eigenvalue weighted by molar-refractivity contribution is 5.87. The van der Waals surface area contributed by atoms with Gasteiger partial charge in [0, 0.05) is 25.8 Å². The molecule has 2 aromatic carbocycles. The van der Waals surface area contributed by atoms with Crippen molar-refractivity contribution in [3.05, 3.63) is 64.7 Å². The topological polar surface area (TPSA) is 67.8 Å². The van der Waals surface area contributed by atoms with E-state index in [1.54, 1.807) is 19.2 Å². The van der Waals surface area contributed by atoms with E-state index in [0.29, 0.717) is 31.9 Å². The zero-order valence-corrected chi connectivity index (χ0v) is 14.0. The summed E-state index contributed by atoms with van der Waals surface area (Å²) < 4.78 is 10.8. The number of ether oxygens (including phenoxy) is 2. The molecule has 0 saturated heterocycles. The maximum atomic E-state index is 10.8. The first-order valence-corrected chi connectivity index (χ1v) is 7.84. The van der Waals surface area contributed by atoms with Crippen molar-refractivity contribution in [2.24, 2.45) is 0 Å². The molecule has 0 bridgehead atoms. The molecule has 2 aromatic rings. The van der Waals surface area contributed by atoms with Crippen molar-refractivity contribution in [1.29, 1.82) is 0 Å². The molecule has 2 N–H and O–H groups in total. The molecule has 0 amide bonds. The Labute approximate surface area is 142 Å².